The molecule has 0 radical (unpaired) electrons. The summed E-state index contributed by atoms with van der Waals surface area (Å²) in [5.74, 6) is 0. The summed E-state index contributed by atoms with van der Waals surface area (Å²) in [5.41, 5.74) is 5.84. The van der Waals surface area contributed by atoms with E-state index in [0.717, 1.165) is 25.7 Å². The van der Waals surface area contributed by atoms with E-state index in [0.29, 0.717) is 0 Å². The number of aryl methyl sites for hydroxylation is 1. The van der Waals surface area contributed by atoms with Crippen molar-refractivity contribution in [2.75, 3.05) is 7.05 Å². The Balaban J connectivity index is 2.15. The lowest BCUT2D eigenvalue weighted by Crippen LogP contribution is -2.41. The molecule has 1 saturated carbocycles. The first-order chi connectivity index (χ1) is 8.41. The van der Waals surface area contributed by atoms with Crippen molar-refractivity contribution in [3.8, 4) is 0 Å². The van der Waals surface area contributed by atoms with E-state index in [9.17, 15) is 8.42 Å². The molecule has 0 aromatic carbocycles. The first kappa shape index (κ1) is 13.5. The largest absolute Gasteiger partial charge is 0.339 e. The summed E-state index contributed by atoms with van der Waals surface area (Å²) in [6, 6.07) is 0.254. The maximum Gasteiger partial charge on any atom is 0.262 e. The Hall–Kier alpha value is -0.920. The summed E-state index contributed by atoms with van der Waals surface area (Å²) in [6.45, 7) is 0. The van der Waals surface area contributed by atoms with Crippen LogP contribution in [0.3, 0.4) is 0 Å². The number of nitrogens with two attached hydrogens (primary N) is 1. The smallest absolute Gasteiger partial charge is 0.262 e. The number of sulfonamides is 1. The van der Waals surface area contributed by atoms with Crippen LogP contribution in [0, 0.1) is 0 Å². The van der Waals surface area contributed by atoms with Crippen LogP contribution in [0.15, 0.2) is 17.6 Å². The van der Waals surface area contributed by atoms with E-state index in [4.69, 9.17) is 5.73 Å². The van der Waals surface area contributed by atoms with E-state index >= 15 is 0 Å². The van der Waals surface area contributed by atoms with Gasteiger partial charge < -0.3 is 10.3 Å². The van der Waals surface area contributed by atoms with Gasteiger partial charge in [-0.25, -0.2) is 13.4 Å². The second kappa shape index (κ2) is 4.99. The van der Waals surface area contributed by atoms with Gasteiger partial charge >= 0.3 is 0 Å². The first-order valence-electron chi connectivity index (χ1n) is 6.13. The molecule has 102 valence electrons. The maximum absolute atomic E-state index is 12.3. The minimum absolute atomic E-state index is 0.0387. The van der Waals surface area contributed by atoms with Gasteiger partial charge in [0.25, 0.3) is 10.0 Å². The van der Waals surface area contributed by atoms with Crippen LogP contribution in [-0.4, -0.2) is 41.4 Å². The molecule has 0 atom stereocenters. The molecule has 1 aromatic heterocycles. The molecule has 0 unspecified atom stereocenters. The monoisotopic (exact) mass is 272 g/mol. The fourth-order valence-electron chi connectivity index (χ4n) is 2.33. The molecule has 1 aromatic rings. The van der Waals surface area contributed by atoms with Crippen molar-refractivity contribution in [1.29, 1.82) is 0 Å². The summed E-state index contributed by atoms with van der Waals surface area (Å²) >= 11 is 0. The molecule has 0 bridgehead atoms. The summed E-state index contributed by atoms with van der Waals surface area (Å²) in [5, 5.41) is 0.113. The van der Waals surface area contributed by atoms with E-state index in [2.05, 4.69) is 4.98 Å². The zero-order valence-corrected chi connectivity index (χ0v) is 11.6. The van der Waals surface area contributed by atoms with Gasteiger partial charge in [-0.05, 0) is 25.7 Å². The Morgan fingerprint density at radius 3 is 2.50 bits per heavy atom. The molecular weight excluding hydrogens is 252 g/mol. The normalized spacial score (nSPS) is 25.6. The Morgan fingerprint density at radius 2 is 2.00 bits per heavy atom. The lowest BCUT2D eigenvalue weighted by Gasteiger charge is -2.32. The fourth-order valence-corrected chi connectivity index (χ4v) is 3.71. The highest BCUT2D eigenvalue weighted by Gasteiger charge is 2.31. The molecule has 0 spiro atoms. The Kier molecular flexibility index (Phi) is 3.74. The molecule has 1 aliphatic rings. The molecular formula is C11H20N4O2S. The molecule has 7 heteroatoms. The van der Waals surface area contributed by atoms with Crippen molar-refractivity contribution >= 4 is 10.0 Å². The molecule has 1 aliphatic carbocycles. The first-order valence-corrected chi connectivity index (χ1v) is 7.57. The maximum atomic E-state index is 12.3. The predicted molar refractivity (Wildman–Crippen MR) is 68.4 cm³/mol. The predicted octanol–water partition coefficient (Wildman–Crippen LogP) is 0.311. The van der Waals surface area contributed by atoms with Crippen LogP contribution in [0.5, 0.6) is 0 Å². The lowest BCUT2D eigenvalue weighted by molar-refractivity contribution is 0.268. The molecule has 1 heterocycles. The minimum atomic E-state index is -3.47. The Labute approximate surface area is 108 Å². The number of hydrogen-bond acceptors (Lipinski definition) is 4. The molecule has 6 nitrogen and oxygen atoms in total. The molecule has 0 aliphatic heterocycles. The Morgan fingerprint density at radius 1 is 1.39 bits per heavy atom. The van der Waals surface area contributed by atoms with Gasteiger partial charge in [0, 0.05) is 32.4 Å². The van der Waals surface area contributed by atoms with Crippen molar-refractivity contribution < 1.29 is 8.42 Å². The lowest BCUT2D eigenvalue weighted by atomic mass is 9.92. The highest BCUT2D eigenvalue weighted by atomic mass is 32.2. The molecule has 2 N–H and O–H groups in total. The van der Waals surface area contributed by atoms with E-state index in [1.807, 2.05) is 0 Å². The number of nitrogens with zero attached hydrogens (tertiary/aromatic N) is 3. The second-order valence-corrected chi connectivity index (χ2v) is 6.91. The van der Waals surface area contributed by atoms with E-state index in [-0.39, 0.29) is 17.1 Å². The van der Waals surface area contributed by atoms with Gasteiger partial charge in [0.1, 0.15) is 0 Å². The van der Waals surface area contributed by atoms with Crippen molar-refractivity contribution in [2.45, 2.75) is 42.8 Å². The van der Waals surface area contributed by atoms with Crippen molar-refractivity contribution in [2.24, 2.45) is 12.8 Å². The quantitative estimate of drug-likeness (QED) is 0.858. The van der Waals surface area contributed by atoms with Gasteiger partial charge in [-0.15, -0.1) is 0 Å². The van der Waals surface area contributed by atoms with Gasteiger partial charge in [0.15, 0.2) is 5.03 Å². The number of hydrogen-bond donors (Lipinski definition) is 1. The van der Waals surface area contributed by atoms with Crippen LogP contribution in [0.1, 0.15) is 25.7 Å². The average Bonchev–Trinajstić information content (AvgIpc) is 2.76. The zero-order valence-electron chi connectivity index (χ0n) is 10.8. The topological polar surface area (TPSA) is 81.2 Å². The number of imidazole rings is 1. The molecule has 18 heavy (non-hydrogen) atoms. The third kappa shape index (κ3) is 2.57. The van der Waals surface area contributed by atoms with Crippen LogP contribution in [0.2, 0.25) is 0 Å². The van der Waals surface area contributed by atoms with Crippen LogP contribution in [-0.2, 0) is 17.1 Å². The van der Waals surface area contributed by atoms with Crippen LogP contribution < -0.4 is 5.73 Å². The zero-order chi connectivity index (χ0) is 13.3. The molecule has 0 amide bonds. The minimum Gasteiger partial charge on any atom is -0.339 e. The summed E-state index contributed by atoms with van der Waals surface area (Å²) < 4.78 is 27.8. The van der Waals surface area contributed by atoms with Gasteiger partial charge in [-0.1, -0.05) is 0 Å². The highest BCUT2D eigenvalue weighted by molar-refractivity contribution is 7.89. The summed E-state index contributed by atoms with van der Waals surface area (Å²) in [6.07, 6.45) is 6.44. The van der Waals surface area contributed by atoms with Crippen molar-refractivity contribution in [3.05, 3.63) is 12.5 Å². The Bertz CT molecular complexity index is 503. The number of rotatable bonds is 3. The van der Waals surface area contributed by atoms with Crippen molar-refractivity contribution in [1.82, 2.24) is 13.9 Å². The fraction of sp³-hybridized carbons (Fsp3) is 0.727. The van der Waals surface area contributed by atoms with Crippen LogP contribution in [0.4, 0.5) is 0 Å². The third-order valence-corrected chi connectivity index (χ3v) is 5.38. The van der Waals surface area contributed by atoms with E-state index in [1.54, 1.807) is 18.7 Å². The molecule has 2 rings (SSSR count). The van der Waals surface area contributed by atoms with Crippen molar-refractivity contribution in [3.63, 3.8) is 0 Å². The highest BCUT2D eigenvalue weighted by Crippen LogP contribution is 2.25. The third-order valence-electron chi connectivity index (χ3n) is 3.58. The molecule has 1 fully saturated rings. The standard InChI is InChI=1S/C11H20N4O2S/c1-14-7-11(13-8-14)18(16,17)15(2)10-5-3-9(12)4-6-10/h7-10H,3-6,12H2,1-2H3. The van der Waals surface area contributed by atoms with E-state index < -0.39 is 10.0 Å². The number of aromatic nitrogens is 2. The van der Waals surface area contributed by atoms with Crippen LogP contribution >= 0.6 is 0 Å². The van der Waals surface area contributed by atoms with Crippen LogP contribution in [0.25, 0.3) is 0 Å². The average molecular weight is 272 g/mol. The van der Waals surface area contributed by atoms with Gasteiger partial charge in [0.05, 0.1) is 6.33 Å². The van der Waals surface area contributed by atoms with Gasteiger partial charge in [-0.3, -0.25) is 0 Å². The molecule has 0 saturated heterocycles. The summed E-state index contributed by atoms with van der Waals surface area (Å²) in [4.78, 5) is 3.93. The SMILES string of the molecule is CN(C1CCC(N)CC1)S(=O)(=O)c1cn(C)cn1. The van der Waals surface area contributed by atoms with Gasteiger partial charge in [-0.2, -0.15) is 4.31 Å². The second-order valence-electron chi connectivity index (χ2n) is 4.97. The summed E-state index contributed by atoms with van der Waals surface area (Å²) in [7, 11) is -0.0886. The van der Waals surface area contributed by atoms with Gasteiger partial charge in [0.2, 0.25) is 0 Å². The van der Waals surface area contributed by atoms with E-state index in [1.165, 1.54) is 16.8 Å².